The van der Waals surface area contributed by atoms with E-state index in [9.17, 15) is 23.5 Å². The lowest BCUT2D eigenvalue weighted by atomic mass is 10.0. The molecule has 2 aromatic carbocycles. The fourth-order valence-electron chi connectivity index (χ4n) is 2.44. The topological polar surface area (TPSA) is 79.3 Å². The number of nitrogens with zero attached hydrogens (tertiary/aromatic N) is 1. The van der Waals surface area contributed by atoms with Crippen LogP contribution in [0.4, 0.5) is 8.78 Å². The van der Waals surface area contributed by atoms with E-state index in [4.69, 9.17) is 0 Å². The summed E-state index contributed by atoms with van der Waals surface area (Å²) < 4.78 is 26.9. The third-order valence-corrected chi connectivity index (χ3v) is 3.66. The van der Waals surface area contributed by atoms with E-state index < -0.39 is 29.6 Å². The molecule has 3 rings (SSSR count). The highest BCUT2D eigenvalue weighted by Gasteiger charge is 2.26. The maximum atomic E-state index is 13.9. The highest BCUT2D eigenvalue weighted by molar-refractivity contribution is 5.99. The largest absolute Gasteiger partial charge is 0.479 e. The van der Waals surface area contributed by atoms with E-state index >= 15 is 0 Å². The zero-order valence-corrected chi connectivity index (χ0v) is 12.7. The highest BCUT2D eigenvalue weighted by atomic mass is 19.1. The normalized spacial score (nSPS) is 11.9. The number of halogens is 2. The summed E-state index contributed by atoms with van der Waals surface area (Å²) in [5, 5.41) is 12.3. The average molecular weight is 342 g/mol. The van der Waals surface area contributed by atoms with Gasteiger partial charge in [-0.15, -0.1) is 0 Å². The third-order valence-electron chi connectivity index (χ3n) is 3.66. The molecule has 1 aromatic heterocycles. The number of amides is 1. The van der Waals surface area contributed by atoms with Crippen LogP contribution in [-0.4, -0.2) is 22.0 Å². The first-order valence-corrected chi connectivity index (χ1v) is 7.29. The first-order chi connectivity index (χ1) is 12.0. The molecule has 0 aliphatic carbocycles. The molecule has 1 amide bonds. The van der Waals surface area contributed by atoms with Crippen molar-refractivity contribution in [2.45, 2.75) is 6.04 Å². The number of pyridine rings is 1. The number of carbonyl (C=O) groups is 2. The van der Waals surface area contributed by atoms with Crippen LogP contribution < -0.4 is 5.32 Å². The van der Waals surface area contributed by atoms with E-state index in [0.717, 1.165) is 12.1 Å². The molecule has 0 saturated carbocycles. The molecule has 2 N–H and O–H groups in total. The predicted molar refractivity (Wildman–Crippen MR) is 85.9 cm³/mol. The van der Waals surface area contributed by atoms with Crippen molar-refractivity contribution in [3.63, 3.8) is 0 Å². The minimum atomic E-state index is -1.64. The number of hydrogen-bond donors (Lipinski definition) is 2. The Morgan fingerprint density at radius 2 is 1.88 bits per heavy atom. The van der Waals surface area contributed by atoms with Gasteiger partial charge < -0.3 is 10.4 Å². The Morgan fingerprint density at radius 3 is 2.60 bits per heavy atom. The Hall–Kier alpha value is -3.35. The van der Waals surface area contributed by atoms with E-state index in [1.54, 1.807) is 30.5 Å². The Morgan fingerprint density at radius 1 is 1.08 bits per heavy atom. The van der Waals surface area contributed by atoms with Crippen molar-refractivity contribution < 1.29 is 23.5 Å². The van der Waals surface area contributed by atoms with Gasteiger partial charge in [0.1, 0.15) is 11.6 Å². The van der Waals surface area contributed by atoms with Gasteiger partial charge in [-0.3, -0.25) is 9.78 Å². The molecule has 0 saturated heterocycles. The molecule has 0 bridgehead atoms. The fraction of sp³-hybridized carbons (Fsp3) is 0.0556. The highest BCUT2D eigenvalue weighted by Crippen LogP contribution is 2.20. The second-order valence-corrected chi connectivity index (χ2v) is 5.32. The van der Waals surface area contributed by atoms with Gasteiger partial charge in [0.2, 0.25) is 0 Å². The van der Waals surface area contributed by atoms with Gasteiger partial charge in [-0.25, -0.2) is 13.6 Å². The van der Waals surface area contributed by atoms with E-state index in [1.807, 2.05) is 0 Å². The van der Waals surface area contributed by atoms with Gasteiger partial charge in [0.25, 0.3) is 5.91 Å². The van der Waals surface area contributed by atoms with Crippen LogP contribution >= 0.6 is 0 Å². The summed E-state index contributed by atoms with van der Waals surface area (Å²) >= 11 is 0. The molecule has 0 aliphatic rings. The minimum absolute atomic E-state index is 0.203. The van der Waals surface area contributed by atoms with Gasteiger partial charge in [0.05, 0.1) is 5.52 Å². The van der Waals surface area contributed by atoms with Crippen molar-refractivity contribution in [2.24, 2.45) is 0 Å². The number of nitrogens with one attached hydrogen (secondary N) is 1. The number of fused-ring (bicyclic) bond motifs is 1. The maximum absolute atomic E-state index is 13.9. The number of hydrogen-bond acceptors (Lipinski definition) is 3. The molecule has 0 unspecified atom stereocenters. The second-order valence-electron chi connectivity index (χ2n) is 5.32. The van der Waals surface area contributed by atoms with E-state index in [0.29, 0.717) is 17.0 Å². The Bertz CT molecular complexity index is 975. The van der Waals surface area contributed by atoms with E-state index in [1.165, 1.54) is 6.07 Å². The quantitative estimate of drug-likeness (QED) is 0.764. The number of carbonyl (C=O) groups excluding carboxylic acids is 1. The lowest BCUT2D eigenvalue weighted by Gasteiger charge is -2.16. The first-order valence-electron chi connectivity index (χ1n) is 7.29. The molecule has 0 radical (unpaired) electrons. The maximum Gasteiger partial charge on any atom is 0.331 e. The number of rotatable bonds is 4. The summed E-state index contributed by atoms with van der Waals surface area (Å²) in [5.74, 6) is -4.03. The van der Waals surface area contributed by atoms with Gasteiger partial charge >= 0.3 is 5.97 Å². The van der Waals surface area contributed by atoms with Gasteiger partial charge in [-0.05, 0) is 30.3 Å². The molecule has 7 heteroatoms. The predicted octanol–water partition coefficient (Wildman–Crippen LogP) is 3.07. The van der Waals surface area contributed by atoms with E-state index in [-0.39, 0.29) is 11.1 Å². The molecular weight excluding hydrogens is 330 g/mol. The summed E-state index contributed by atoms with van der Waals surface area (Å²) in [6, 6.07) is 8.99. The van der Waals surface area contributed by atoms with Gasteiger partial charge in [0, 0.05) is 28.8 Å². The number of benzene rings is 2. The summed E-state index contributed by atoms with van der Waals surface area (Å²) in [6.07, 6.45) is 1.61. The van der Waals surface area contributed by atoms with Crippen molar-refractivity contribution in [2.75, 3.05) is 0 Å². The van der Waals surface area contributed by atoms with Gasteiger partial charge in [0.15, 0.2) is 6.04 Å². The third kappa shape index (κ3) is 3.45. The lowest BCUT2D eigenvalue weighted by molar-refractivity contribution is -0.139. The van der Waals surface area contributed by atoms with Crippen LogP contribution in [0.1, 0.15) is 22.0 Å². The Balaban J connectivity index is 1.91. The summed E-state index contributed by atoms with van der Waals surface area (Å²) in [7, 11) is 0. The molecule has 25 heavy (non-hydrogen) atoms. The average Bonchev–Trinajstić information content (AvgIpc) is 2.59. The number of carboxylic acid groups (broad SMARTS) is 1. The standard InChI is InChI=1S/C18H12F2N2O3/c19-12-4-5-13(14(20)9-12)16(18(24)25)22-17(23)11-3-6-15-10(8-11)2-1-7-21-15/h1-9,16H,(H,22,23)(H,24,25)/t16-/m1/s1. The van der Waals surface area contributed by atoms with E-state index in [2.05, 4.69) is 10.3 Å². The zero-order chi connectivity index (χ0) is 18.0. The minimum Gasteiger partial charge on any atom is -0.479 e. The van der Waals surface area contributed by atoms with Crippen LogP contribution in [0.25, 0.3) is 10.9 Å². The molecule has 1 heterocycles. The molecular formula is C18H12F2N2O3. The van der Waals surface area contributed by atoms with Crippen LogP contribution in [0.3, 0.4) is 0 Å². The smallest absolute Gasteiger partial charge is 0.331 e. The number of carboxylic acids is 1. The van der Waals surface area contributed by atoms with Crippen LogP contribution in [0.15, 0.2) is 54.7 Å². The van der Waals surface area contributed by atoms with Crippen molar-refractivity contribution in [3.05, 3.63) is 77.5 Å². The number of aromatic nitrogens is 1. The molecule has 5 nitrogen and oxygen atoms in total. The first kappa shape index (κ1) is 16.5. The van der Waals surface area contributed by atoms with Gasteiger partial charge in [-0.1, -0.05) is 12.1 Å². The monoisotopic (exact) mass is 342 g/mol. The zero-order valence-electron chi connectivity index (χ0n) is 12.7. The van der Waals surface area contributed by atoms with Crippen molar-refractivity contribution >= 4 is 22.8 Å². The number of aliphatic carboxylic acids is 1. The molecule has 3 aromatic rings. The lowest BCUT2D eigenvalue weighted by Crippen LogP contribution is -2.34. The van der Waals surface area contributed by atoms with Crippen LogP contribution in [0.2, 0.25) is 0 Å². The van der Waals surface area contributed by atoms with Crippen LogP contribution in [-0.2, 0) is 4.79 Å². The van der Waals surface area contributed by atoms with Crippen LogP contribution in [0.5, 0.6) is 0 Å². The van der Waals surface area contributed by atoms with Crippen molar-refractivity contribution in [1.29, 1.82) is 0 Å². The molecule has 0 spiro atoms. The SMILES string of the molecule is O=C(N[C@@H](C(=O)O)c1ccc(F)cc1F)c1ccc2ncccc2c1. The molecule has 0 fully saturated rings. The van der Waals surface area contributed by atoms with Gasteiger partial charge in [-0.2, -0.15) is 0 Å². The summed E-state index contributed by atoms with van der Waals surface area (Å²) in [6.45, 7) is 0. The van der Waals surface area contributed by atoms with Crippen molar-refractivity contribution in [3.8, 4) is 0 Å². The fourth-order valence-corrected chi connectivity index (χ4v) is 2.44. The molecule has 0 aliphatic heterocycles. The van der Waals surface area contributed by atoms with Crippen molar-refractivity contribution in [1.82, 2.24) is 10.3 Å². The summed E-state index contributed by atoms with van der Waals surface area (Å²) in [4.78, 5) is 27.9. The second kappa shape index (κ2) is 6.64. The molecule has 1 atom stereocenters. The Labute approximate surface area is 140 Å². The summed E-state index contributed by atoms with van der Waals surface area (Å²) in [5.41, 5.74) is 0.553. The van der Waals surface area contributed by atoms with Crippen LogP contribution in [0, 0.1) is 11.6 Å². The Kier molecular flexibility index (Phi) is 4.38. The molecule has 126 valence electrons.